The fourth-order valence-electron chi connectivity index (χ4n) is 2.05. The van der Waals surface area contributed by atoms with Crippen molar-refractivity contribution in [3.8, 4) is 5.82 Å². The molecule has 0 saturated heterocycles. The van der Waals surface area contributed by atoms with E-state index in [1.807, 2.05) is 4.98 Å². The molecular weight excluding hydrogens is 301 g/mol. The number of aromatic amines is 1. The van der Waals surface area contributed by atoms with Gasteiger partial charge in [-0.05, 0) is 18.2 Å². The fraction of sp³-hybridized carbons (Fsp3) is 0. The molecular formula is C13H7F3N4O2. The van der Waals surface area contributed by atoms with E-state index in [0.717, 1.165) is 18.2 Å². The molecule has 0 aliphatic rings. The number of anilines is 1. The monoisotopic (exact) mass is 308 g/mol. The van der Waals surface area contributed by atoms with Crippen molar-refractivity contribution in [2.45, 2.75) is 0 Å². The molecule has 2 aromatic heterocycles. The van der Waals surface area contributed by atoms with Crippen LogP contribution >= 0.6 is 0 Å². The molecule has 0 amide bonds. The maximum absolute atomic E-state index is 13.9. The van der Waals surface area contributed by atoms with Gasteiger partial charge in [0.1, 0.15) is 5.82 Å². The van der Waals surface area contributed by atoms with Crippen LogP contribution in [0.5, 0.6) is 0 Å². The molecule has 3 aromatic rings. The van der Waals surface area contributed by atoms with Crippen LogP contribution in [-0.4, -0.2) is 14.5 Å². The molecule has 0 saturated carbocycles. The first-order valence-corrected chi connectivity index (χ1v) is 5.95. The van der Waals surface area contributed by atoms with E-state index in [2.05, 4.69) is 4.98 Å². The number of H-pyrrole nitrogens is 1. The van der Waals surface area contributed by atoms with E-state index >= 15 is 0 Å². The van der Waals surface area contributed by atoms with Crippen LogP contribution in [0, 0.1) is 17.5 Å². The molecule has 0 aliphatic heterocycles. The molecule has 0 fully saturated rings. The number of nitrogen functional groups attached to an aromatic ring is 1. The quantitative estimate of drug-likeness (QED) is 0.703. The summed E-state index contributed by atoms with van der Waals surface area (Å²) in [6, 6.07) is 3.45. The minimum Gasteiger partial charge on any atom is -0.381 e. The minimum atomic E-state index is -1.16. The van der Waals surface area contributed by atoms with Gasteiger partial charge < -0.3 is 5.73 Å². The number of nitrogens with two attached hydrogens (primary N) is 1. The number of hydrogen-bond donors (Lipinski definition) is 2. The average molecular weight is 308 g/mol. The van der Waals surface area contributed by atoms with Gasteiger partial charge in [-0.2, -0.15) is 0 Å². The molecule has 1 aromatic carbocycles. The molecule has 6 nitrogen and oxygen atoms in total. The third-order valence-electron chi connectivity index (χ3n) is 3.02. The lowest BCUT2D eigenvalue weighted by molar-refractivity contribution is 0.568. The first-order valence-electron chi connectivity index (χ1n) is 5.95. The highest BCUT2D eigenvalue weighted by molar-refractivity contribution is 5.79. The van der Waals surface area contributed by atoms with E-state index in [9.17, 15) is 22.8 Å². The van der Waals surface area contributed by atoms with Crippen LogP contribution in [0.15, 0.2) is 33.9 Å². The van der Waals surface area contributed by atoms with Crippen LogP contribution in [0.25, 0.3) is 16.7 Å². The van der Waals surface area contributed by atoms with Crippen LogP contribution in [0.3, 0.4) is 0 Å². The highest BCUT2D eigenvalue weighted by atomic mass is 19.1. The number of rotatable bonds is 1. The second-order valence-corrected chi connectivity index (χ2v) is 4.42. The predicted molar refractivity (Wildman–Crippen MR) is 72.2 cm³/mol. The molecule has 22 heavy (non-hydrogen) atoms. The molecule has 3 rings (SSSR count). The first-order chi connectivity index (χ1) is 10.4. The van der Waals surface area contributed by atoms with E-state index in [1.165, 1.54) is 0 Å². The fourth-order valence-corrected chi connectivity index (χ4v) is 2.05. The maximum atomic E-state index is 13.9. The van der Waals surface area contributed by atoms with Gasteiger partial charge in [0, 0.05) is 6.07 Å². The summed E-state index contributed by atoms with van der Waals surface area (Å²) in [6.07, 6.45) is 0. The zero-order chi connectivity index (χ0) is 16.0. The maximum Gasteiger partial charge on any atom is 0.334 e. The van der Waals surface area contributed by atoms with E-state index in [0.29, 0.717) is 10.6 Å². The molecule has 0 atom stereocenters. The van der Waals surface area contributed by atoms with Crippen molar-refractivity contribution in [2.24, 2.45) is 0 Å². The standard InChI is InChI=1S/C13H7F3N4O2/c14-5-1-2-9-6(3-5)12(21)19-13(22)20(9)11-8(16)4-7(15)10(17)18-11/h1-4H,(H2,17,18)(H,19,21,22). The number of nitrogens with one attached hydrogen (secondary N) is 1. The van der Waals surface area contributed by atoms with Crippen LogP contribution in [0.2, 0.25) is 0 Å². The van der Waals surface area contributed by atoms with Gasteiger partial charge in [0.15, 0.2) is 23.3 Å². The van der Waals surface area contributed by atoms with Gasteiger partial charge in [0.2, 0.25) is 0 Å². The van der Waals surface area contributed by atoms with Gasteiger partial charge in [-0.1, -0.05) is 0 Å². The van der Waals surface area contributed by atoms with Gasteiger partial charge in [0.25, 0.3) is 5.56 Å². The van der Waals surface area contributed by atoms with Crippen molar-refractivity contribution in [1.82, 2.24) is 14.5 Å². The van der Waals surface area contributed by atoms with Crippen molar-refractivity contribution in [3.63, 3.8) is 0 Å². The van der Waals surface area contributed by atoms with Crippen LogP contribution < -0.4 is 17.0 Å². The second kappa shape index (κ2) is 4.72. The number of fused-ring (bicyclic) bond motifs is 1. The minimum absolute atomic E-state index is 0.0902. The van der Waals surface area contributed by atoms with E-state index in [4.69, 9.17) is 5.73 Å². The zero-order valence-corrected chi connectivity index (χ0v) is 10.7. The Morgan fingerprint density at radius 2 is 1.82 bits per heavy atom. The number of hydrogen-bond acceptors (Lipinski definition) is 4. The lowest BCUT2D eigenvalue weighted by Crippen LogP contribution is -2.30. The Morgan fingerprint density at radius 3 is 2.55 bits per heavy atom. The Hall–Kier alpha value is -3.10. The molecule has 112 valence electrons. The number of pyridine rings is 1. The Labute approximate surface area is 119 Å². The van der Waals surface area contributed by atoms with Crippen molar-refractivity contribution >= 4 is 16.7 Å². The summed E-state index contributed by atoms with van der Waals surface area (Å²) in [5.41, 5.74) is 3.33. The van der Waals surface area contributed by atoms with Crippen LogP contribution in [0.4, 0.5) is 19.0 Å². The third-order valence-corrected chi connectivity index (χ3v) is 3.02. The average Bonchev–Trinajstić information content (AvgIpc) is 2.45. The van der Waals surface area contributed by atoms with Crippen molar-refractivity contribution < 1.29 is 13.2 Å². The molecule has 9 heteroatoms. The SMILES string of the molecule is Nc1nc(-n2c(=O)[nH]c(=O)c3cc(F)ccc32)c(F)cc1F. The van der Waals surface area contributed by atoms with Gasteiger partial charge in [-0.25, -0.2) is 27.5 Å². The summed E-state index contributed by atoms with van der Waals surface area (Å²) in [5.74, 6) is -4.18. The summed E-state index contributed by atoms with van der Waals surface area (Å²) in [7, 11) is 0. The molecule has 0 radical (unpaired) electrons. The van der Waals surface area contributed by atoms with Gasteiger partial charge in [-0.15, -0.1) is 0 Å². The molecule has 0 aliphatic carbocycles. The summed E-state index contributed by atoms with van der Waals surface area (Å²) >= 11 is 0. The zero-order valence-electron chi connectivity index (χ0n) is 10.7. The Bertz CT molecular complexity index is 1030. The normalized spacial score (nSPS) is 11.0. The summed E-state index contributed by atoms with van der Waals surface area (Å²) in [4.78, 5) is 29.1. The number of aromatic nitrogens is 3. The Balaban J connectivity index is 2.49. The van der Waals surface area contributed by atoms with Gasteiger partial charge in [-0.3, -0.25) is 9.78 Å². The number of benzene rings is 1. The molecule has 3 N–H and O–H groups in total. The summed E-state index contributed by atoms with van der Waals surface area (Å²) in [6.45, 7) is 0. The summed E-state index contributed by atoms with van der Waals surface area (Å²) < 4.78 is 41.0. The molecule has 2 heterocycles. The highest BCUT2D eigenvalue weighted by Gasteiger charge is 2.17. The van der Waals surface area contributed by atoms with Crippen molar-refractivity contribution in [1.29, 1.82) is 0 Å². The topological polar surface area (TPSA) is 93.8 Å². The first kappa shape index (κ1) is 13.9. The smallest absolute Gasteiger partial charge is 0.334 e. The van der Waals surface area contributed by atoms with E-state index in [-0.39, 0.29) is 10.9 Å². The largest absolute Gasteiger partial charge is 0.381 e. The lowest BCUT2D eigenvalue weighted by atomic mass is 10.2. The molecule has 0 spiro atoms. The van der Waals surface area contributed by atoms with Crippen molar-refractivity contribution in [3.05, 3.63) is 62.6 Å². The molecule has 0 unspecified atom stereocenters. The third kappa shape index (κ3) is 2.03. The summed E-state index contributed by atoms with van der Waals surface area (Å²) in [5, 5.41) is -0.191. The van der Waals surface area contributed by atoms with Crippen molar-refractivity contribution in [2.75, 3.05) is 5.73 Å². The predicted octanol–water partition coefficient (Wildman–Crippen LogP) is 1.07. The number of halogens is 3. The highest BCUT2D eigenvalue weighted by Crippen LogP contribution is 2.18. The van der Waals surface area contributed by atoms with Gasteiger partial charge in [0.05, 0.1) is 10.9 Å². The number of nitrogens with zero attached hydrogens (tertiary/aromatic N) is 2. The van der Waals surface area contributed by atoms with E-state index < -0.39 is 40.3 Å². The molecule has 0 bridgehead atoms. The Morgan fingerprint density at radius 1 is 1.09 bits per heavy atom. The van der Waals surface area contributed by atoms with Crippen LogP contribution in [-0.2, 0) is 0 Å². The second-order valence-electron chi connectivity index (χ2n) is 4.42. The Kier molecular flexibility index (Phi) is 2.98. The van der Waals surface area contributed by atoms with Gasteiger partial charge >= 0.3 is 5.69 Å². The lowest BCUT2D eigenvalue weighted by Gasteiger charge is -2.10. The van der Waals surface area contributed by atoms with Crippen LogP contribution in [0.1, 0.15) is 0 Å². The van der Waals surface area contributed by atoms with E-state index in [1.54, 1.807) is 0 Å².